The van der Waals surface area contributed by atoms with Crippen molar-refractivity contribution in [3.8, 4) is 11.5 Å². The number of nitrogens with zero attached hydrogens (tertiary/aromatic N) is 3. The number of aromatic nitrogens is 2. The SMILES string of the molecule is COc1ccc(CN2CCCCC[C@@H]2c2ccn(C)n2)c(O)c1. The van der Waals surface area contributed by atoms with Crippen LogP contribution >= 0.6 is 0 Å². The lowest BCUT2D eigenvalue weighted by Gasteiger charge is -2.29. The summed E-state index contributed by atoms with van der Waals surface area (Å²) in [4.78, 5) is 2.44. The number of hydrogen-bond acceptors (Lipinski definition) is 4. The molecule has 0 amide bonds. The number of hydrogen-bond donors (Lipinski definition) is 1. The summed E-state index contributed by atoms with van der Waals surface area (Å²) in [5, 5.41) is 14.9. The monoisotopic (exact) mass is 315 g/mol. The van der Waals surface area contributed by atoms with Crippen molar-refractivity contribution in [2.75, 3.05) is 13.7 Å². The lowest BCUT2D eigenvalue weighted by atomic mass is 10.1. The van der Waals surface area contributed by atoms with Gasteiger partial charge < -0.3 is 9.84 Å². The second kappa shape index (κ2) is 7.04. The highest BCUT2D eigenvalue weighted by molar-refractivity contribution is 5.39. The standard InChI is InChI=1S/C18H25N3O2/c1-20-11-9-16(19-20)17-6-4-3-5-10-21(17)13-14-7-8-15(23-2)12-18(14)22/h7-9,11-12,17,22H,3-6,10,13H2,1-2H3/t17-/m1/s1. The van der Waals surface area contributed by atoms with E-state index in [1.165, 1.54) is 19.3 Å². The lowest BCUT2D eigenvalue weighted by Crippen LogP contribution is -2.28. The average Bonchev–Trinajstić information content (AvgIpc) is 2.84. The predicted octanol–water partition coefficient (Wildman–Crippen LogP) is 3.25. The van der Waals surface area contributed by atoms with Crippen LogP contribution in [0.5, 0.6) is 11.5 Å². The summed E-state index contributed by atoms with van der Waals surface area (Å²) in [5.41, 5.74) is 2.07. The Morgan fingerprint density at radius 1 is 1.26 bits per heavy atom. The number of phenols is 1. The Morgan fingerprint density at radius 2 is 2.13 bits per heavy atom. The van der Waals surface area contributed by atoms with Crippen LogP contribution in [0.2, 0.25) is 0 Å². The van der Waals surface area contributed by atoms with Gasteiger partial charge in [-0.05, 0) is 31.5 Å². The Bertz CT molecular complexity index is 653. The minimum atomic E-state index is 0.299. The lowest BCUT2D eigenvalue weighted by molar-refractivity contribution is 0.186. The van der Waals surface area contributed by atoms with Gasteiger partial charge in [0.1, 0.15) is 11.5 Å². The van der Waals surface area contributed by atoms with E-state index in [1.807, 2.05) is 30.1 Å². The van der Waals surface area contributed by atoms with E-state index in [9.17, 15) is 5.11 Å². The molecule has 1 N–H and O–H groups in total. The van der Waals surface area contributed by atoms with Crippen molar-refractivity contribution in [1.82, 2.24) is 14.7 Å². The zero-order valence-electron chi connectivity index (χ0n) is 13.9. The summed E-state index contributed by atoms with van der Waals surface area (Å²) in [7, 11) is 3.57. The van der Waals surface area contributed by atoms with Crippen LogP contribution in [0.15, 0.2) is 30.5 Å². The van der Waals surface area contributed by atoms with Gasteiger partial charge in [0.2, 0.25) is 0 Å². The molecule has 3 rings (SSSR count). The van der Waals surface area contributed by atoms with Gasteiger partial charge in [0.25, 0.3) is 0 Å². The van der Waals surface area contributed by atoms with Gasteiger partial charge in [-0.25, -0.2) is 0 Å². The third-order valence-electron chi connectivity index (χ3n) is 4.61. The topological polar surface area (TPSA) is 50.5 Å². The molecule has 0 bridgehead atoms. The molecule has 124 valence electrons. The van der Waals surface area contributed by atoms with Crippen LogP contribution < -0.4 is 4.74 Å². The molecule has 2 aromatic rings. The van der Waals surface area contributed by atoms with Crippen LogP contribution in [0.1, 0.15) is 43.0 Å². The van der Waals surface area contributed by atoms with Crippen LogP contribution in [0.3, 0.4) is 0 Å². The van der Waals surface area contributed by atoms with E-state index in [2.05, 4.69) is 16.1 Å². The maximum atomic E-state index is 10.3. The Labute approximate surface area is 137 Å². The summed E-state index contributed by atoms with van der Waals surface area (Å²) in [6.07, 6.45) is 6.80. The molecule has 1 aromatic heterocycles. The Hall–Kier alpha value is -2.01. The van der Waals surface area contributed by atoms with Gasteiger partial charge in [-0.15, -0.1) is 0 Å². The average molecular weight is 315 g/mol. The number of ether oxygens (including phenoxy) is 1. The first-order chi connectivity index (χ1) is 11.2. The van der Waals surface area contributed by atoms with Gasteiger partial charge in [-0.1, -0.05) is 18.9 Å². The third-order valence-corrected chi connectivity index (χ3v) is 4.61. The second-order valence-electron chi connectivity index (χ2n) is 6.24. The number of likely N-dealkylation sites (tertiary alicyclic amines) is 1. The highest BCUT2D eigenvalue weighted by Gasteiger charge is 2.25. The minimum absolute atomic E-state index is 0.299. The van der Waals surface area contributed by atoms with Crippen molar-refractivity contribution in [3.63, 3.8) is 0 Å². The molecule has 0 radical (unpaired) electrons. The Morgan fingerprint density at radius 3 is 2.83 bits per heavy atom. The number of phenolic OH excluding ortho intramolecular Hbond substituents is 1. The van der Waals surface area contributed by atoms with Gasteiger partial charge in [-0.3, -0.25) is 9.58 Å². The molecule has 1 aliphatic heterocycles. The molecule has 1 saturated heterocycles. The molecule has 1 atom stereocenters. The van der Waals surface area contributed by atoms with Crippen LogP contribution in [0.25, 0.3) is 0 Å². The van der Waals surface area contributed by atoms with Gasteiger partial charge in [0, 0.05) is 31.4 Å². The fourth-order valence-electron chi connectivity index (χ4n) is 3.33. The molecule has 0 aliphatic carbocycles. The molecule has 1 aromatic carbocycles. The molecule has 0 saturated carbocycles. The van der Waals surface area contributed by atoms with E-state index < -0.39 is 0 Å². The smallest absolute Gasteiger partial charge is 0.123 e. The van der Waals surface area contributed by atoms with Crippen molar-refractivity contribution in [2.24, 2.45) is 7.05 Å². The molecule has 5 nitrogen and oxygen atoms in total. The number of methoxy groups -OCH3 is 1. The zero-order chi connectivity index (χ0) is 16.2. The second-order valence-corrected chi connectivity index (χ2v) is 6.24. The summed E-state index contributed by atoms with van der Waals surface area (Å²) in [6, 6.07) is 7.97. The van der Waals surface area contributed by atoms with Crippen LogP contribution in [-0.4, -0.2) is 33.4 Å². The van der Waals surface area contributed by atoms with Crippen LogP contribution in [0, 0.1) is 0 Å². The van der Waals surface area contributed by atoms with E-state index in [-0.39, 0.29) is 0 Å². The Balaban J connectivity index is 1.82. The van der Waals surface area contributed by atoms with Gasteiger partial charge in [-0.2, -0.15) is 5.10 Å². The minimum Gasteiger partial charge on any atom is -0.507 e. The maximum Gasteiger partial charge on any atom is 0.123 e. The van der Waals surface area contributed by atoms with E-state index >= 15 is 0 Å². The number of aromatic hydroxyl groups is 1. The Kier molecular flexibility index (Phi) is 4.86. The molecule has 2 heterocycles. The molecule has 23 heavy (non-hydrogen) atoms. The number of rotatable bonds is 4. The molecule has 1 fully saturated rings. The van der Waals surface area contributed by atoms with E-state index in [0.717, 1.165) is 30.8 Å². The van der Waals surface area contributed by atoms with Gasteiger partial charge in [0.05, 0.1) is 18.8 Å². The van der Waals surface area contributed by atoms with Crippen LogP contribution in [-0.2, 0) is 13.6 Å². The quantitative estimate of drug-likeness (QED) is 0.941. The zero-order valence-corrected chi connectivity index (χ0v) is 13.9. The van der Waals surface area contributed by atoms with Crippen molar-refractivity contribution in [2.45, 2.75) is 38.3 Å². The first-order valence-electron chi connectivity index (χ1n) is 8.27. The fraction of sp³-hybridized carbons (Fsp3) is 0.500. The summed E-state index contributed by atoms with van der Waals surface area (Å²) < 4.78 is 7.03. The molecule has 0 unspecified atom stereocenters. The molecule has 5 heteroatoms. The third kappa shape index (κ3) is 3.67. The predicted molar refractivity (Wildman–Crippen MR) is 89.5 cm³/mol. The van der Waals surface area contributed by atoms with Crippen molar-refractivity contribution in [3.05, 3.63) is 41.7 Å². The van der Waals surface area contributed by atoms with Crippen molar-refractivity contribution in [1.29, 1.82) is 0 Å². The summed E-state index contributed by atoms with van der Waals surface area (Å²) in [6.45, 7) is 1.77. The highest BCUT2D eigenvalue weighted by atomic mass is 16.5. The van der Waals surface area contributed by atoms with E-state index in [1.54, 1.807) is 13.2 Å². The highest BCUT2D eigenvalue weighted by Crippen LogP contribution is 2.32. The maximum absolute atomic E-state index is 10.3. The number of benzene rings is 1. The molecule has 1 aliphatic rings. The van der Waals surface area contributed by atoms with Crippen LogP contribution in [0.4, 0.5) is 0 Å². The molecular weight excluding hydrogens is 290 g/mol. The van der Waals surface area contributed by atoms with Crippen molar-refractivity contribution < 1.29 is 9.84 Å². The largest absolute Gasteiger partial charge is 0.507 e. The molecular formula is C18H25N3O2. The summed E-state index contributed by atoms with van der Waals surface area (Å²) >= 11 is 0. The van der Waals surface area contributed by atoms with Crippen molar-refractivity contribution >= 4 is 0 Å². The molecule has 0 spiro atoms. The summed E-state index contributed by atoms with van der Waals surface area (Å²) in [5.74, 6) is 0.983. The van der Waals surface area contributed by atoms with E-state index in [4.69, 9.17) is 4.74 Å². The van der Waals surface area contributed by atoms with E-state index in [0.29, 0.717) is 17.5 Å². The van der Waals surface area contributed by atoms with Gasteiger partial charge in [0.15, 0.2) is 0 Å². The number of aryl methyl sites for hydroxylation is 1. The fourth-order valence-corrected chi connectivity index (χ4v) is 3.33. The first kappa shape index (κ1) is 15.9. The van der Waals surface area contributed by atoms with Gasteiger partial charge >= 0.3 is 0 Å². The normalized spacial score (nSPS) is 19.5. The first-order valence-corrected chi connectivity index (χ1v) is 8.27.